The van der Waals surface area contributed by atoms with E-state index in [0.29, 0.717) is 15.7 Å². The molecule has 2 aromatic carbocycles. The molecular formula is C20H22Cl2N6O2S. The van der Waals surface area contributed by atoms with Crippen LogP contribution in [0.4, 0.5) is 11.4 Å². The van der Waals surface area contributed by atoms with Gasteiger partial charge in [0.05, 0.1) is 10.6 Å². The van der Waals surface area contributed by atoms with Crippen LogP contribution in [-0.2, 0) is 10.0 Å². The maximum atomic E-state index is 12.8. The molecule has 2 aliphatic rings. The smallest absolute Gasteiger partial charge is 0.261 e. The predicted octanol–water partition coefficient (Wildman–Crippen LogP) is 3.90. The van der Waals surface area contributed by atoms with Crippen LogP contribution >= 0.6 is 23.2 Å². The largest absolute Gasteiger partial charge is 0.369 e. The van der Waals surface area contributed by atoms with Crippen LogP contribution in [0.15, 0.2) is 57.3 Å². The Labute approximate surface area is 191 Å². The monoisotopic (exact) mass is 480 g/mol. The van der Waals surface area contributed by atoms with Gasteiger partial charge >= 0.3 is 0 Å². The highest BCUT2D eigenvalue weighted by Gasteiger charge is 2.42. The lowest BCUT2D eigenvalue weighted by molar-refractivity contribution is 0.305. The quantitative estimate of drug-likeness (QED) is 0.611. The summed E-state index contributed by atoms with van der Waals surface area (Å²) in [5.74, 6) is 0.413. The summed E-state index contributed by atoms with van der Waals surface area (Å²) in [4.78, 5) is 10.7. The summed E-state index contributed by atoms with van der Waals surface area (Å²) in [7, 11) is -3.84. The first kappa shape index (κ1) is 21.7. The molecule has 0 atom stereocenters. The molecule has 1 fully saturated rings. The van der Waals surface area contributed by atoms with Gasteiger partial charge in [0, 0.05) is 15.7 Å². The lowest BCUT2D eigenvalue weighted by Crippen LogP contribution is -2.58. The third-order valence-electron chi connectivity index (χ3n) is 5.37. The van der Waals surface area contributed by atoms with Crippen molar-refractivity contribution < 1.29 is 8.42 Å². The number of rotatable bonds is 4. The number of nitrogens with two attached hydrogens (primary N) is 2. The average Bonchev–Trinajstić information content (AvgIpc) is 2.67. The molecule has 5 N–H and O–H groups in total. The first-order valence-electron chi connectivity index (χ1n) is 9.77. The Bertz CT molecular complexity index is 1140. The van der Waals surface area contributed by atoms with Gasteiger partial charge in [0.1, 0.15) is 5.66 Å². The van der Waals surface area contributed by atoms with Crippen LogP contribution in [0, 0.1) is 0 Å². The summed E-state index contributed by atoms with van der Waals surface area (Å²) >= 11 is 11.9. The average molecular weight is 481 g/mol. The highest BCUT2D eigenvalue weighted by atomic mass is 35.5. The van der Waals surface area contributed by atoms with Crippen molar-refractivity contribution in [3.63, 3.8) is 0 Å². The van der Waals surface area contributed by atoms with E-state index in [9.17, 15) is 8.42 Å². The van der Waals surface area contributed by atoms with E-state index in [1.807, 2.05) is 4.90 Å². The van der Waals surface area contributed by atoms with E-state index in [2.05, 4.69) is 14.7 Å². The molecule has 0 bridgehead atoms. The Kier molecular flexibility index (Phi) is 5.76. The van der Waals surface area contributed by atoms with E-state index in [1.54, 1.807) is 12.1 Å². The van der Waals surface area contributed by atoms with E-state index >= 15 is 0 Å². The minimum absolute atomic E-state index is 0.0839. The van der Waals surface area contributed by atoms with Crippen molar-refractivity contribution in [3.8, 4) is 0 Å². The summed E-state index contributed by atoms with van der Waals surface area (Å²) in [5.41, 5.74) is 12.5. The standard InChI is InChI=1S/C20H22Cl2N6O2S/c21-13-10-14(22)12-15(11-13)27-31(29,30)17-6-4-16(5-7-17)28-19(24)25-18(23)26-20(28)8-2-1-3-9-20/h4-7,10-12,27H,1-3,8-9H2,(H4,23,24,25,26). The Balaban J connectivity index is 1.63. The van der Waals surface area contributed by atoms with Gasteiger partial charge in [-0.2, -0.15) is 4.99 Å². The van der Waals surface area contributed by atoms with Gasteiger partial charge in [-0.05, 0) is 68.1 Å². The molecule has 1 spiro atoms. The molecule has 1 saturated carbocycles. The number of aliphatic imine (C=N–C) groups is 2. The van der Waals surface area contributed by atoms with Crippen LogP contribution in [-0.4, -0.2) is 26.0 Å². The maximum Gasteiger partial charge on any atom is 0.261 e. The second kappa shape index (κ2) is 8.22. The predicted molar refractivity (Wildman–Crippen MR) is 125 cm³/mol. The number of anilines is 2. The van der Waals surface area contributed by atoms with Crippen LogP contribution in [0.1, 0.15) is 32.1 Å². The molecular weight excluding hydrogens is 459 g/mol. The number of halogens is 2. The SMILES string of the molecule is NC1=NC2(CCCCC2)N(c2ccc(S(=O)(=O)Nc3cc(Cl)cc(Cl)c3)cc2)C(N)=N1. The lowest BCUT2D eigenvalue weighted by Gasteiger charge is -2.45. The van der Waals surface area contributed by atoms with Crippen LogP contribution in [0.3, 0.4) is 0 Å². The van der Waals surface area contributed by atoms with Gasteiger partial charge in [0.2, 0.25) is 11.9 Å². The van der Waals surface area contributed by atoms with E-state index < -0.39 is 15.7 Å². The number of guanidine groups is 2. The molecule has 1 aliphatic carbocycles. The highest BCUT2D eigenvalue weighted by Crippen LogP contribution is 2.39. The molecule has 2 aromatic rings. The summed E-state index contributed by atoms with van der Waals surface area (Å²) in [6, 6.07) is 10.9. The Morgan fingerprint density at radius 1 is 0.968 bits per heavy atom. The highest BCUT2D eigenvalue weighted by molar-refractivity contribution is 7.92. The van der Waals surface area contributed by atoms with E-state index in [1.165, 1.54) is 30.3 Å². The Morgan fingerprint density at radius 2 is 1.58 bits per heavy atom. The van der Waals surface area contributed by atoms with Crippen molar-refractivity contribution in [2.45, 2.75) is 42.7 Å². The van der Waals surface area contributed by atoms with Gasteiger partial charge in [-0.3, -0.25) is 9.62 Å². The molecule has 1 aliphatic heterocycles. The fourth-order valence-corrected chi connectivity index (χ4v) is 5.66. The fourth-order valence-electron chi connectivity index (χ4n) is 4.10. The lowest BCUT2D eigenvalue weighted by atomic mass is 9.87. The van der Waals surface area contributed by atoms with Crippen molar-refractivity contribution in [2.24, 2.45) is 21.5 Å². The normalized spacial score (nSPS) is 18.5. The molecule has 1 heterocycles. The van der Waals surface area contributed by atoms with Crippen molar-refractivity contribution in [1.82, 2.24) is 0 Å². The fraction of sp³-hybridized carbons (Fsp3) is 0.300. The van der Waals surface area contributed by atoms with E-state index in [-0.39, 0.29) is 22.5 Å². The Hall–Kier alpha value is -2.49. The minimum atomic E-state index is -3.84. The van der Waals surface area contributed by atoms with Gasteiger partial charge in [-0.1, -0.05) is 29.6 Å². The second-order valence-corrected chi connectivity index (χ2v) is 10.1. The summed E-state index contributed by atoms with van der Waals surface area (Å²) in [6.45, 7) is 0. The first-order valence-corrected chi connectivity index (χ1v) is 12.0. The number of benzene rings is 2. The molecule has 0 saturated heterocycles. The summed E-state index contributed by atoms with van der Waals surface area (Å²) in [5, 5.41) is 0.663. The molecule has 0 radical (unpaired) electrons. The topological polar surface area (TPSA) is 126 Å². The molecule has 0 unspecified atom stereocenters. The number of hydrogen-bond donors (Lipinski definition) is 3. The number of nitrogens with one attached hydrogen (secondary N) is 1. The molecule has 164 valence electrons. The zero-order valence-electron chi connectivity index (χ0n) is 16.6. The van der Waals surface area contributed by atoms with Crippen molar-refractivity contribution in [2.75, 3.05) is 9.62 Å². The number of sulfonamides is 1. The maximum absolute atomic E-state index is 12.8. The van der Waals surface area contributed by atoms with Crippen LogP contribution in [0.2, 0.25) is 10.0 Å². The zero-order chi connectivity index (χ0) is 22.2. The molecule has 11 heteroatoms. The van der Waals surface area contributed by atoms with Gasteiger partial charge in [0.15, 0.2) is 0 Å². The van der Waals surface area contributed by atoms with Crippen LogP contribution in [0.5, 0.6) is 0 Å². The molecule has 0 amide bonds. The van der Waals surface area contributed by atoms with Crippen LogP contribution < -0.4 is 21.1 Å². The number of nitrogens with zero attached hydrogens (tertiary/aromatic N) is 3. The van der Waals surface area contributed by atoms with Gasteiger partial charge in [0.25, 0.3) is 10.0 Å². The van der Waals surface area contributed by atoms with Gasteiger partial charge in [-0.25, -0.2) is 13.4 Å². The molecule has 8 nitrogen and oxygen atoms in total. The second-order valence-electron chi connectivity index (χ2n) is 7.58. The number of hydrogen-bond acceptors (Lipinski definition) is 7. The van der Waals surface area contributed by atoms with E-state index in [4.69, 9.17) is 34.7 Å². The molecule has 31 heavy (non-hydrogen) atoms. The Morgan fingerprint density at radius 3 is 2.19 bits per heavy atom. The third kappa shape index (κ3) is 4.44. The van der Waals surface area contributed by atoms with Crippen molar-refractivity contribution >= 4 is 56.5 Å². The minimum Gasteiger partial charge on any atom is -0.369 e. The molecule has 4 rings (SSSR count). The van der Waals surface area contributed by atoms with Crippen molar-refractivity contribution in [1.29, 1.82) is 0 Å². The van der Waals surface area contributed by atoms with Crippen LogP contribution in [0.25, 0.3) is 0 Å². The summed E-state index contributed by atoms with van der Waals surface area (Å²) in [6.07, 6.45) is 4.71. The first-order chi connectivity index (χ1) is 14.7. The van der Waals surface area contributed by atoms with E-state index in [0.717, 1.165) is 32.1 Å². The third-order valence-corrected chi connectivity index (χ3v) is 7.21. The summed E-state index contributed by atoms with van der Waals surface area (Å²) < 4.78 is 28.1. The van der Waals surface area contributed by atoms with Crippen molar-refractivity contribution in [3.05, 3.63) is 52.5 Å². The molecule has 0 aromatic heterocycles. The van der Waals surface area contributed by atoms with Gasteiger partial charge < -0.3 is 11.5 Å². The van der Waals surface area contributed by atoms with Gasteiger partial charge in [-0.15, -0.1) is 0 Å². The zero-order valence-corrected chi connectivity index (χ0v) is 18.9.